The molecule has 4 aromatic rings. The number of aromatic nitrogens is 5. The van der Waals surface area contributed by atoms with Crippen LogP contribution in [-0.4, -0.2) is 56.9 Å². The second-order valence-corrected chi connectivity index (χ2v) is 12.0. The average Bonchev–Trinajstić information content (AvgIpc) is 3.70. The molecule has 3 aliphatic rings. The standard InChI is InChI=1S/C31H35ClN8O2/c1-19-8-10-21(11-9-19)20(2)40-27-26(23-14-24(32)16-33-15-23)35-29(30-38-34-18-42-30)36-28(27)37-31(40)39-12-13-41-17-25(39)22-6-4-3-5-7-22/h3-7,14-16,19-21,25,34H,8-13,17-18H2,1-2H3. The molecular weight excluding hydrogens is 552 g/mol. The Balaban J connectivity index is 1.46. The van der Waals surface area contributed by atoms with Crippen molar-refractivity contribution < 1.29 is 9.47 Å². The van der Waals surface area contributed by atoms with Crippen LogP contribution in [0.2, 0.25) is 5.02 Å². The summed E-state index contributed by atoms with van der Waals surface area (Å²) >= 11 is 6.46. The smallest absolute Gasteiger partial charge is 0.278 e. The van der Waals surface area contributed by atoms with Gasteiger partial charge in [0.05, 0.1) is 24.3 Å². The average molecular weight is 587 g/mol. The fraction of sp³-hybridized carbons (Fsp3) is 0.452. The molecule has 10 nitrogen and oxygen atoms in total. The van der Waals surface area contributed by atoms with Gasteiger partial charge in [-0.05, 0) is 43.2 Å². The van der Waals surface area contributed by atoms with Crippen LogP contribution in [0.3, 0.4) is 0 Å². The van der Waals surface area contributed by atoms with E-state index < -0.39 is 0 Å². The van der Waals surface area contributed by atoms with Gasteiger partial charge in [-0.1, -0.05) is 61.7 Å². The number of pyridine rings is 1. The Morgan fingerprint density at radius 2 is 1.88 bits per heavy atom. The van der Waals surface area contributed by atoms with Crippen LogP contribution >= 0.6 is 11.6 Å². The number of rotatable bonds is 6. The van der Waals surface area contributed by atoms with Crippen molar-refractivity contribution in [2.24, 2.45) is 16.9 Å². The molecular formula is C31H35ClN8O2. The van der Waals surface area contributed by atoms with E-state index in [1.165, 1.54) is 31.2 Å². The summed E-state index contributed by atoms with van der Waals surface area (Å²) in [4.78, 5) is 22.0. The van der Waals surface area contributed by atoms with E-state index in [2.05, 4.69) is 63.1 Å². The van der Waals surface area contributed by atoms with Crippen molar-refractivity contribution >= 4 is 34.6 Å². The predicted octanol–water partition coefficient (Wildman–Crippen LogP) is 5.75. The number of ether oxygens (including phenoxy) is 2. The summed E-state index contributed by atoms with van der Waals surface area (Å²) in [5, 5.41) is 4.80. The minimum Gasteiger partial charge on any atom is -0.451 e. The Morgan fingerprint density at radius 3 is 2.64 bits per heavy atom. The predicted molar refractivity (Wildman–Crippen MR) is 162 cm³/mol. The highest BCUT2D eigenvalue weighted by atomic mass is 35.5. The van der Waals surface area contributed by atoms with Crippen LogP contribution in [0.5, 0.6) is 0 Å². The van der Waals surface area contributed by atoms with Crippen LogP contribution in [-0.2, 0) is 9.47 Å². The van der Waals surface area contributed by atoms with Crippen molar-refractivity contribution in [2.45, 2.75) is 51.6 Å². The molecule has 3 aromatic heterocycles. The molecule has 0 spiro atoms. The number of benzene rings is 1. The summed E-state index contributed by atoms with van der Waals surface area (Å²) in [7, 11) is 0. The highest BCUT2D eigenvalue weighted by Gasteiger charge is 2.35. The van der Waals surface area contributed by atoms with Crippen LogP contribution in [0.1, 0.15) is 63.0 Å². The molecule has 2 aliphatic heterocycles. The molecule has 1 aliphatic carbocycles. The molecule has 42 heavy (non-hydrogen) atoms. The number of hydrazone groups is 1. The van der Waals surface area contributed by atoms with Crippen molar-refractivity contribution in [3.05, 3.63) is 65.2 Å². The Kier molecular flexibility index (Phi) is 7.41. The summed E-state index contributed by atoms with van der Waals surface area (Å²) in [5.41, 5.74) is 7.01. The maximum Gasteiger partial charge on any atom is 0.278 e. The number of hydrogen-bond donors (Lipinski definition) is 1. The lowest BCUT2D eigenvalue weighted by Crippen LogP contribution is -2.41. The summed E-state index contributed by atoms with van der Waals surface area (Å²) < 4.78 is 14.1. The Labute approximate surface area is 250 Å². The molecule has 7 rings (SSSR count). The lowest BCUT2D eigenvalue weighted by molar-refractivity contribution is 0.0924. The van der Waals surface area contributed by atoms with Gasteiger partial charge in [0.25, 0.3) is 5.90 Å². The zero-order valence-corrected chi connectivity index (χ0v) is 24.7. The number of hydrogen-bond acceptors (Lipinski definition) is 9. The summed E-state index contributed by atoms with van der Waals surface area (Å²) in [5.74, 6) is 2.86. The molecule has 1 saturated heterocycles. The quantitative estimate of drug-likeness (QED) is 0.305. The van der Waals surface area contributed by atoms with E-state index in [0.29, 0.717) is 53.8 Å². The first-order valence-electron chi connectivity index (χ1n) is 14.8. The number of nitrogens with one attached hydrogen (secondary N) is 1. The third kappa shape index (κ3) is 5.07. The summed E-state index contributed by atoms with van der Waals surface area (Å²) in [6.07, 6.45) is 8.24. The number of fused-ring (bicyclic) bond motifs is 1. The minimum atomic E-state index is 0.0181. The molecule has 1 aromatic carbocycles. The Morgan fingerprint density at radius 1 is 1.05 bits per heavy atom. The highest BCUT2D eigenvalue weighted by Crippen LogP contribution is 2.42. The van der Waals surface area contributed by atoms with Crippen molar-refractivity contribution in [1.82, 2.24) is 29.9 Å². The maximum atomic E-state index is 6.46. The van der Waals surface area contributed by atoms with E-state index in [-0.39, 0.29) is 18.8 Å². The van der Waals surface area contributed by atoms with Crippen molar-refractivity contribution in [3.8, 4) is 11.3 Å². The van der Waals surface area contributed by atoms with Gasteiger partial charge in [-0.15, -0.1) is 5.10 Å². The van der Waals surface area contributed by atoms with Gasteiger partial charge in [0.2, 0.25) is 11.8 Å². The minimum absolute atomic E-state index is 0.0181. The van der Waals surface area contributed by atoms with E-state index in [0.717, 1.165) is 22.9 Å². The number of imidazole rings is 1. The summed E-state index contributed by atoms with van der Waals surface area (Å²) in [6.45, 7) is 6.88. The zero-order valence-electron chi connectivity index (χ0n) is 23.9. The Hall–Kier alpha value is -3.76. The van der Waals surface area contributed by atoms with Gasteiger partial charge in [0.15, 0.2) is 12.4 Å². The first-order valence-corrected chi connectivity index (χ1v) is 15.2. The molecule has 0 amide bonds. The van der Waals surface area contributed by atoms with Gasteiger partial charge < -0.3 is 18.9 Å². The normalized spacial score (nSPS) is 23.4. The van der Waals surface area contributed by atoms with Gasteiger partial charge in [-0.2, -0.15) is 4.98 Å². The van der Waals surface area contributed by atoms with Crippen LogP contribution < -0.4 is 10.3 Å². The maximum absolute atomic E-state index is 6.46. The van der Waals surface area contributed by atoms with Gasteiger partial charge in [0.1, 0.15) is 11.2 Å². The molecule has 1 saturated carbocycles. The molecule has 0 radical (unpaired) electrons. The van der Waals surface area contributed by atoms with Crippen molar-refractivity contribution in [1.29, 1.82) is 0 Å². The number of morpholine rings is 1. The molecule has 218 valence electrons. The van der Waals surface area contributed by atoms with E-state index in [9.17, 15) is 0 Å². The molecule has 2 unspecified atom stereocenters. The largest absolute Gasteiger partial charge is 0.451 e. The first-order chi connectivity index (χ1) is 20.6. The third-order valence-electron chi connectivity index (χ3n) is 8.87. The third-order valence-corrected chi connectivity index (χ3v) is 9.08. The first kappa shape index (κ1) is 27.1. The van der Waals surface area contributed by atoms with E-state index in [1.807, 2.05) is 12.1 Å². The highest BCUT2D eigenvalue weighted by molar-refractivity contribution is 6.30. The molecule has 2 fully saturated rings. The lowest BCUT2D eigenvalue weighted by atomic mass is 9.79. The topological polar surface area (TPSA) is 103 Å². The van der Waals surface area contributed by atoms with Crippen molar-refractivity contribution in [3.63, 3.8) is 0 Å². The molecule has 2 atom stereocenters. The Bertz CT molecular complexity index is 1600. The van der Waals surface area contributed by atoms with E-state index in [1.54, 1.807) is 12.4 Å². The second kappa shape index (κ2) is 11.5. The number of nitrogens with zero attached hydrogens (tertiary/aromatic N) is 7. The molecule has 1 N–H and O–H groups in total. The van der Waals surface area contributed by atoms with Crippen LogP contribution in [0.4, 0.5) is 5.95 Å². The van der Waals surface area contributed by atoms with Gasteiger partial charge in [0, 0.05) is 30.5 Å². The van der Waals surface area contributed by atoms with Crippen LogP contribution in [0.15, 0.2) is 53.9 Å². The van der Waals surface area contributed by atoms with Gasteiger partial charge >= 0.3 is 0 Å². The number of halogens is 1. The van der Waals surface area contributed by atoms with Crippen LogP contribution in [0, 0.1) is 11.8 Å². The second-order valence-electron chi connectivity index (χ2n) is 11.6. The fourth-order valence-corrected chi connectivity index (χ4v) is 6.72. The zero-order chi connectivity index (χ0) is 28.6. The lowest BCUT2D eigenvalue weighted by Gasteiger charge is -2.39. The fourth-order valence-electron chi connectivity index (χ4n) is 6.54. The monoisotopic (exact) mass is 586 g/mol. The molecule has 0 bridgehead atoms. The van der Waals surface area contributed by atoms with Crippen LogP contribution in [0.25, 0.3) is 22.4 Å². The summed E-state index contributed by atoms with van der Waals surface area (Å²) in [6, 6.07) is 12.6. The van der Waals surface area contributed by atoms with Crippen molar-refractivity contribution in [2.75, 3.05) is 31.4 Å². The molecule has 5 heterocycles. The number of anilines is 1. The van der Waals surface area contributed by atoms with Gasteiger partial charge in [-0.3, -0.25) is 10.4 Å². The van der Waals surface area contributed by atoms with E-state index in [4.69, 9.17) is 36.0 Å². The molecule has 11 heteroatoms. The SMILES string of the molecule is CC1CCC(C(C)n2c(N3CCOCC3c3ccccc3)nc3nc(C4=NNCO4)nc(-c4cncc(Cl)c4)c32)CC1. The van der Waals surface area contributed by atoms with Gasteiger partial charge in [-0.25, -0.2) is 9.97 Å². The van der Waals surface area contributed by atoms with E-state index >= 15 is 0 Å².